The fourth-order valence-electron chi connectivity index (χ4n) is 1.55. The summed E-state index contributed by atoms with van der Waals surface area (Å²) in [5, 5.41) is 18.9. The average molecular weight is 216 g/mol. The summed E-state index contributed by atoms with van der Waals surface area (Å²) in [5.74, 6) is -0.650. The molecule has 0 amide bonds. The van der Waals surface area contributed by atoms with Crippen LogP contribution in [0.15, 0.2) is 36.4 Å². The highest BCUT2D eigenvalue weighted by Crippen LogP contribution is 2.42. The van der Waals surface area contributed by atoms with E-state index in [2.05, 4.69) is 0 Å². The minimum absolute atomic E-state index is 0.00106. The Morgan fingerprint density at radius 3 is 2.12 bits per heavy atom. The van der Waals surface area contributed by atoms with Gasteiger partial charge in [-0.15, -0.1) is 0 Å². The van der Waals surface area contributed by atoms with Crippen molar-refractivity contribution in [3.05, 3.63) is 36.4 Å². The molecule has 0 saturated heterocycles. The Labute approximate surface area is 92.8 Å². The largest absolute Gasteiger partial charge is 0.504 e. The highest BCUT2D eigenvalue weighted by atomic mass is 16.3. The van der Waals surface area contributed by atoms with Crippen LogP contribution in [0.1, 0.15) is 0 Å². The Hall–Kier alpha value is -2.36. The highest BCUT2D eigenvalue weighted by molar-refractivity contribution is 5.89. The number of nitrogens with two attached hydrogens (primary N) is 2. The number of hydrogen-bond acceptors (Lipinski definition) is 4. The lowest BCUT2D eigenvalue weighted by molar-refractivity contribution is 0.406. The summed E-state index contributed by atoms with van der Waals surface area (Å²) < 4.78 is 0. The number of hydrogen-bond donors (Lipinski definition) is 4. The van der Waals surface area contributed by atoms with Gasteiger partial charge in [0.1, 0.15) is 5.69 Å². The molecule has 0 aliphatic carbocycles. The number of benzene rings is 2. The summed E-state index contributed by atoms with van der Waals surface area (Å²) in [6, 6.07) is 10.7. The molecule has 0 aliphatic heterocycles. The molecule has 82 valence electrons. The van der Waals surface area contributed by atoms with Crippen LogP contribution in [0.4, 0.5) is 11.4 Å². The number of aromatic hydroxyl groups is 2. The molecule has 0 fully saturated rings. The van der Waals surface area contributed by atoms with Crippen molar-refractivity contribution in [2.24, 2.45) is 0 Å². The van der Waals surface area contributed by atoms with Gasteiger partial charge in [0.05, 0.1) is 5.69 Å². The van der Waals surface area contributed by atoms with Gasteiger partial charge in [0, 0.05) is 5.56 Å². The quantitative estimate of drug-likeness (QED) is 0.333. The molecule has 0 aromatic heterocycles. The van der Waals surface area contributed by atoms with Crippen molar-refractivity contribution in [2.45, 2.75) is 0 Å². The molecule has 4 nitrogen and oxygen atoms in total. The third-order valence-electron chi connectivity index (χ3n) is 2.44. The van der Waals surface area contributed by atoms with Gasteiger partial charge in [-0.1, -0.05) is 30.3 Å². The summed E-state index contributed by atoms with van der Waals surface area (Å²) >= 11 is 0. The van der Waals surface area contributed by atoms with Gasteiger partial charge in [-0.25, -0.2) is 0 Å². The van der Waals surface area contributed by atoms with Crippen LogP contribution in [0.2, 0.25) is 0 Å². The number of phenols is 2. The van der Waals surface area contributed by atoms with Crippen molar-refractivity contribution in [3.8, 4) is 22.6 Å². The lowest BCUT2D eigenvalue weighted by atomic mass is 10.0. The van der Waals surface area contributed by atoms with Crippen molar-refractivity contribution in [1.82, 2.24) is 0 Å². The summed E-state index contributed by atoms with van der Waals surface area (Å²) in [5.41, 5.74) is 13.1. The first-order chi connectivity index (χ1) is 7.61. The third-order valence-corrected chi connectivity index (χ3v) is 2.44. The van der Waals surface area contributed by atoms with Crippen LogP contribution in [-0.4, -0.2) is 10.2 Å². The molecular formula is C12H12N2O2. The first kappa shape index (κ1) is 10.2. The number of rotatable bonds is 1. The van der Waals surface area contributed by atoms with Crippen LogP contribution >= 0.6 is 0 Å². The standard InChI is InChI=1S/C12H12N2O2/c13-10-8(7-4-2-1-3-5-7)6-9(15)12(16)11(10)14/h1-6,15-16H,13-14H2. The number of phenolic OH excluding ortho intramolecular Hbond substituents is 2. The maximum Gasteiger partial charge on any atom is 0.183 e. The second-order valence-corrected chi connectivity index (χ2v) is 3.49. The van der Waals surface area contributed by atoms with E-state index < -0.39 is 0 Å². The van der Waals surface area contributed by atoms with E-state index >= 15 is 0 Å². The zero-order chi connectivity index (χ0) is 11.7. The molecule has 0 heterocycles. The average Bonchev–Trinajstić information content (AvgIpc) is 2.32. The second kappa shape index (κ2) is 3.66. The Morgan fingerprint density at radius 1 is 0.875 bits per heavy atom. The van der Waals surface area contributed by atoms with Gasteiger partial charge >= 0.3 is 0 Å². The van der Waals surface area contributed by atoms with Gasteiger partial charge in [0.2, 0.25) is 0 Å². The van der Waals surface area contributed by atoms with Crippen LogP contribution in [0.5, 0.6) is 11.5 Å². The first-order valence-corrected chi connectivity index (χ1v) is 4.76. The molecule has 16 heavy (non-hydrogen) atoms. The van der Waals surface area contributed by atoms with Gasteiger partial charge in [-0.3, -0.25) is 0 Å². The zero-order valence-corrected chi connectivity index (χ0v) is 8.51. The van der Waals surface area contributed by atoms with Crippen molar-refractivity contribution in [2.75, 3.05) is 11.5 Å². The molecule has 0 radical (unpaired) electrons. The topological polar surface area (TPSA) is 92.5 Å². The van der Waals surface area contributed by atoms with Gasteiger partial charge in [-0.2, -0.15) is 0 Å². The van der Waals surface area contributed by atoms with Gasteiger partial charge in [0.15, 0.2) is 11.5 Å². The minimum atomic E-state index is -0.378. The maximum atomic E-state index is 9.48. The van der Waals surface area contributed by atoms with E-state index in [1.807, 2.05) is 30.3 Å². The van der Waals surface area contributed by atoms with Crippen molar-refractivity contribution < 1.29 is 10.2 Å². The molecule has 0 spiro atoms. The molecule has 0 atom stereocenters. The van der Waals surface area contributed by atoms with E-state index in [1.54, 1.807) is 0 Å². The number of anilines is 2. The molecule has 0 bridgehead atoms. The highest BCUT2D eigenvalue weighted by Gasteiger charge is 2.13. The summed E-state index contributed by atoms with van der Waals surface area (Å²) in [7, 11) is 0. The second-order valence-electron chi connectivity index (χ2n) is 3.49. The van der Waals surface area contributed by atoms with Crippen molar-refractivity contribution in [1.29, 1.82) is 0 Å². The third kappa shape index (κ3) is 1.50. The van der Waals surface area contributed by atoms with E-state index in [9.17, 15) is 10.2 Å². The molecule has 2 rings (SSSR count). The molecule has 2 aromatic rings. The SMILES string of the molecule is Nc1c(-c2ccccc2)cc(O)c(O)c1N. The monoisotopic (exact) mass is 216 g/mol. The fourth-order valence-corrected chi connectivity index (χ4v) is 1.55. The maximum absolute atomic E-state index is 9.48. The fraction of sp³-hybridized carbons (Fsp3) is 0. The predicted molar refractivity (Wildman–Crippen MR) is 64.0 cm³/mol. The van der Waals surface area contributed by atoms with Crippen LogP contribution in [0, 0.1) is 0 Å². The van der Waals surface area contributed by atoms with Crippen LogP contribution in [0.3, 0.4) is 0 Å². The van der Waals surface area contributed by atoms with E-state index in [-0.39, 0.29) is 22.9 Å². The molecular weight excluding hydrogens is 204 g/mol. The van der Waals surface area contributed by atoms with E-state index in [1.165, 1.54) is 6.07 Å². The molecule has 0 unspecified atom stereocenters. The lowest BCUT2D eigenvalue weighted by Crippen LogP contribution is -1.98. The van der Waals surface area contributed by atoms with E-state index in [0.29, 0.717) is 5.56 Å². The summed E-state index contributed by atoms with van der Waals surface area (Å²) in [4.78, 5) is 0. The molecule has 4 heteroatoms. The van der Waals surface area contributed by atoms with Crippen molar-refractivity contribution in [3.63, 3.8) is 0 Å². The zero-order valence-electron chi connectivity index (χ0n) is 8.51. The van der Waals surface area contributed by atoms with E-state index in [0.717, 1.165) is 5.56 Å². The van der Waals surface area contributed by atoms with E-state index in [4.69, 9.17) is 11.5 Å². The normalized spacial score (nSPS) is 10.2. The molecule has 2 aromatic carbocycles. The van der Waals surface area contributed by atoms with Gasteiger partial charge in [-0.05, 0) is 11.6 Å². The lowest BCUT2D eigenvalue weighted by Gasteiger charge is -2.11. The van der Waals surface area contributed by atoms with Gasteiger partial charge in [0.25, 0.3) is 0 Å². The van der Waals surface area contributed by atoms with Crippen LogP contribution in [0.25, 0.3) is 11.1 Å². The molecule has 0 saturated carbocycles. The Balaban J connectivity index is 2.68. The summed E-state index contributed by atoms with van der Waals surface area (Å²) in [6.45, 7) is 0. The van der Waals surface area contributed by atoms with Crippen molar-refractivity contribution >= 4 is 11.4 Å². The molecule has 6 N–H and O–H groups in total. The molecule has 0 aliphatic rings. The Morgan fingerprint density at radius 2 is 1.50 bits per heavy atom. The van der Waals surface area contributed by atoms with Crippen LogP contribution < -0.4 is 11.5 Å². The summed E-state index contributed by atoms with van der Waals surface area (Å²) in [6.07, 6.45) is 0. The Bertz CT molecular complexity index is 524. The Kier molecular flexibility index (Phi) is 2.32. The van der Waals surface area contributed by atoms with Crippen LogP contribution in [-0.2, 0) is 0 Å². The minimum Gasteiger partial charge on any atom is -0.504 e. The van der Waals surface area contributed by atoms with Gasteiger partial charge < -0.3 is 21.7 Å². The number of nitrogen functional groups attached to an aromatic ring is 2. The smallest absolute Gasteiger partial charge is 0.183 e. The first-order valence-electron chi connectivity index (χ1n) is 4.76. The predicted octanol–water partition coefficient (Wildman–Crippen LogP) is 1.93.